The highest BCUT2D eigenvalue weighted by atomic mass is 19.1. The smallest absolute Gasteiger partial charge is 0.123 e. The lowest BCUT2D eigenvalue weighted by Gasteiger charge is -2.07. The molecule has 1 aromatic heterocycles. The molecule has 0 radical (unpaired) electrons. The molecule has 0 atom stereocenters. The van der Waals surface area contributed by atoms with E-state index in [-0.39, 0.29) is 5.82 Å². The van der Waals surface area contributed by atoms with E-state index in [0.29, 0.717) is 6.54 Å². The second kappa shape index (κ2) is 4.86. The van der Waals surface area contributed by atoms with Crippen LogP contribution in [0.2, 0.25) is 0 Å². The zero-order valence-electron chi connectivity index (χ0n) is 10.5. The number of hydrogen-bond donors (Lipinski definition) is 1. The Kier molecular flexibility index (Phi) is 3.05. The summed E-state index contributed by atoms with van der Waals surface area (Å²) in [7, 11) is 0. The summed E-state index contributed by atoms with van der Waals surface area (Å²) in [4.78, 5) is 0. The van der Waals surface area contributed by atoms with Crippen molar-refractivity contribution in [2.75, 3.05) is 0 Å². The molecular formula is C16H15FN2. The third kappa shape index (κ3) is 2.37. The van der Waals surface area contributed by atoms with Gasteiger partial charge < -0.3 is 10.3 Å². The molecule has 0 aliphatic carbocycles. The Morgan fingerprint density at radius 1 is 1.00 bits per heavy atom. The highest BCUT2D eigenvalue weighted by molar-refractivity contribution is 5.80. The predicted octanol–water partition coefficient (Wildman–Crippen LogP) is 3.29. The van der Waals surface area contributed by atoms with Gasteiger partial charge in [-0.3, -0.25) is 0 Å². The molecule has 2 N–H and O–H groups in total. The molecule has 0 fully saturated rings. The minimum Gasteiger partial charge on any atom is -0.343 e. The van der Waals surface area contributed by atoms with Gasteiger partial charge in [0.05, 0.1) is 0 Å². The van der Waals surface area contributed by atoms with Crippen LogP contribution in [-0.4, -0.2) is 4.57 Å². The molecule has 0 spiro atoms. The van der Waals surface area contributed by atoms with Crippen LogP contribution in [0.5, 0.6) is 0 Å². The third-order valence-electron chi connectivity index (χ3n) is 3.31. The summed E-state index contributed by atoms with van der Waals surface area (Å²) in [6.07, 6.45) is 1.99. The molecule has 3 rings (SSSR count). The molecule has 0 aliphatic rings. The highest BCUT2D eigenvalue weighted by Crippen LogP contribution is 2.18. The van der Waals surface area contributed by atoms with Crippen molar-refractivity contribution in [2.24, 2.45) is 5.73 Å². The topological polar surface area (TPSA) is 30.9 Å². The minimum absolute atomic E-state index is 0.199. The Morgan fingerprint density at radius 3 is 2.68 bits per heavy atom. The van der Waals surface area contributed by atoms with E-state index in [0.717, 1.165) is 23.0 Å². The molecule has 0 aliphatic heterocycles. The van der Waals surface area contributed by atoms with Crippen LogP contribution in [0.4, 0.5) is 4.39 Å². The van der Waals surface area contributed by atoms with E-state index in [4.69, 9.17) is 5.73 Å². The summed E-state index contributed by atoms with van der Waals surface area (Å²) in [5, 5.41) is 0.926. The molecule has 2 aromatic carbocycles. The van der Waals surface area contributed by atoms with Gasteiger partial charge in [0.15, 0.2) is 0 Å². The molecule has 2 nitrogen and oxygen atoms in total. The highest BCUT2D eigenvalue weighted by Gasteiger charge is 2.03. The van der Waals surface area contributed by atoms with Crippen molar-refractivity contribution in [3.05, 3.63) is 71.7 Å². The van der Waals surface area contributed by atoms with Crippen molar-refractivity contribution >= 4 is 10.9 Å². The monoisotopic (exact) mass is 254 g/mol. The minimum atomic E-state index is -0.199. The van der Waals surface area contributed by atoms with Crippen molar-refractivity contribution in [3.63, 3.8) is 0 Å². The van der Waals surface area contributed by atoms with Gasteiger partial charge in [0.2, 0.25) is 0 Å². The van der Waals surface area contributed by atoms with Gasteiger partial charge in [0, 0.05) is 30.2 Å². The summed E-state index contributed by atoms with van der Waals surface area (Å²) >= 11 is 0. The average molecular weight is 254 g/mol. The van der Waals surface area contributed by atoms with E-state index in [1.54, 1.807) is 6.07 Å². The lowest BCUT2D eigenvalue weighted by Crippen LogP contribution is -2.01. The zero-order chi connectivity index (χ0) is 13.2. The molecule has 19 heavy (non-hydrogen) atoms. The van der Waals surface area contributed by atoms with Crippen molar-refractivity contribution in [3.8, 4) is 0 Å². The summed E-state index contributed by atoms with van der Waals surface area (Å²) in [5.41, 5.74) is 9.02. The van der Waals surface area contributed by atoms with E-state index in [2.05, 4.69) is 16.7 Å². The van der Waals surface area contributed by atoms with Crippen LogP contribution < -0.4 is 5.73 Å². The number of benzene rings is 2. The first kappa shape index (κ1) is 11.9. The Labute approximate surface area is 111 Å². The van der Waals surface area contributed by atoms with Crippen molar-refractivity contribution in [1.29, 1.82) is 0 Å². The molecule has 0 unspecified atom stereocenters. The maximum Gasteiger partial charge on any atom is 0.123 e. The van der Waals surface area contributed by atoms with E-state index in [1.165, 1.54) is 11.6 Å². The summed E-state index contributed by atoms with van der Waals surface area (Å²) in [6.45, 7) is 1.31. The van der Waals surface area contributed by atoms with Gasteiger partial charge in [-0.25, -0.2) is 4.39 Å². The maximum absolute atomic E-state index is 13.1. The second-order valence-electron chi connectivity index (χ2n) is 4.67. The van der Waals surface area contributed by atoms with Gasteiger partial charge in [0.25, 0.3) is 0 Å². The molecule has 96 valence electrons. The summed E-state index contributed by atoms with van der Waals surface area (Å²) < 4.78 is 15.3. The predicted molar refractivity (Wildman–Crippen MR) is 75.3 cm³/mol. The number of nitrogens with two attached hydrogens (primary N) is 1. The number of hydrogen-bond acceptors (Lipinski definition) is 1. The van der Waals surface area contributed by atoms with E-state index >= 15 is 0 Å². The van der Waals surface area contributed by atoms with Crippen molar-refractivity contribution < 1.29 is 4.39 Å². The molecule has 0 amide bonds. The quantitative estimate of drug-likeness (QED) is 0.764. The number of rotatable bonds is 3. The fourth-order valence-electron chi connectivity index (χ4n) is 2.36. The fourth-order valence-corrected chi connectivity index (χ4v) is 2.36. The number of nitrogens with zero attached hydrogens (tertiary/aromatic N) is 1. The van der Waals surface area contributed by atoms with Crippen molar-refractivity contribution in [2.45, 2.75) is 13.1 Å². The van der Waals surface area contributed by atoms with Gasteiger partial charge in [-0.15, -0.1) is 0 Å². The SMILES string of the molecule is NCc1cccc(Cn2ccc3cc(F)ccc32)c1. The lowest BCUT2D eigenvalue weighted by atomic mass is 10.1. The summed E-state index contributed by atoms with van der Waals surface area (Å²) in [5.74, 6) is -0.199. The van der Waals surface area contributed by atoms with Crippen LogP contribution in [0.1, 0.15) is 11.1 Å². The van der Waals surface area contributed by atoms with Gasteiger partial charge in [-0.05, 0) is 35.4 Å². The van der Waals surface area contributed by atoms with E-state index < -0.39 is 0 Å². The van der Waals surface area contributed by atoms with Gasteiger partial charge in [0.1, 0.15) is 5.82 Å². The van der Waals surface area contributed by atoms with Crippen LogP contribution in [0, 0.1) is 5.82 Å². The van der Waals surface area contributed by atoms with Gasteiger partial charge >= 0.3 is 0 Å². The molecule has 3 aromatic rings. The first-order valence-electron chi connectivity index (χ1n) is 6.28. The zero-order valence-corrected chi connectivity index (χ0v) is 10.5. The Morgan fingerprint density at radius 2 is 1.84 bits per heavy atom. The normalized spacial score (nSPS) is 11.1. The Bertz CT molecular complexity index is 716. The second-order valence-corrected chi connectivity index (χ2v) is 4.67. The molecule has 0 saturated carbocycles. The molecule has 0 saturated heterocycles. The first-order chi connectivity index (χ1) is 9.26. The Balaban J connectivity index is 1.96. The number of halogens is 1. The van der Waals surface area contributed by atoms with Crippen molar-refractivity contribution in [1.82, 2.24) is 4.57 Å². The third-order valence-corrected chi connectivity index (χ3v) is 3.31. The van der Waals surface area contributed by atoms with Crippen LogP contribution in [-0.2, 0) is 13.1 Å². The van der Waals surface area contributed by atoms with Crippen LogP contribution >= 0.6 is 0 Å². The number of aromatic nitrogens is 1. The Hall–Kier alpha value is -2.13. The first-order valence-corrected chi connectivity index (χ1v) is 6.28. The number of fused-ring (bicyclic) bond motifs is 1. The van der Waals surface area contributed by atoms with Gasteiger partial charge in [-0.1, -0.05) is 24.3 Å². The van der Waals surface area contributed by atoms with Crippen LogP contribution in [0.3, 0.4) is 0 Å². The molecule has 3 heteroatoms. The largest absolute Gasteiger partial charge is 0.343 e. The van der Waals surface area contributed by atoms with E-state index in [1.807, 2.05) is 30.5 Å². The maximum atomic E-state index is 13.1. The molecular weight excluding hydrogens is 239 g/mol. The lowest BCUT2D eigenvalue weighted by molar-refractivity contribution is 0.629. The molecule has 0 bridgehead atoms. The fraction of sp³-hybridized carbons (Fsp3) is 0.125. The molecule has 1 heterocycles. The standard InChI is InChI=1S/C16H15FN2/c17-15-4-5-16-14(9-15)6-7-19(16)11-13-3-1-2-12(8-13)10-18/h1-9H,10-11,18H2. The summed E-state index contributed by atoms with van der Waals surface area (Å²) in [6, 6.07) is 15.0. The van der Waals surface area contributed by atoms with Crippen LogP contribution in [0.25, 0.3) is 10.9 Å². The van der Waals surface area contributed by atoms with Crippen LogP contribution in [0.15, 0.2) is 54.7 Å². The van der Waals surface area contributed by atoms with E-state index in [9.17, 15) is 4.39 Å². The van der Waals surface area contributed by atoms with Gasteiger partial charge in [-0.2, -0.15) is 0 Å². The average Bonchev–Trinajstić information content (AvgIpc) is 2.81.